The molecule has 0 aromatic rings. The van der Waals surface area contributed by atoms with Gasteiger partial charge in [0.15, 0.2) is 0 Å². The average Bonchev–Trinajstić information content (AvgIpc) is 2.54. The predicted molar refractivity (Wildman–Crippen MR) is 102 cm³/mol. The van der Waals surface area contributed by atoms with Gasteiger partial charge >= 0.3 is 0 Å². The highest BCUT2D eigenvalue weighted by atomic mass is 16.5. The van der Waals surface area contributed by atoms with E-state index in [2.05, 4.69) is 13.8 Å². The van der Waals surface area contributed by atoms with Crippen LogP contribution in [0.1, 0.15) is 104 Å². The van der Waals surface area contributed by atoms with Crippen molar-refractivity contribution in [2.45, 2.75) is 104 Å². The molecule has 0 amide bonds. The summed E-state index contributed by atoms with van der Waals surface area (Å²) in [5.74, 6) is 0.520. The van der Waals surface area contributed by atoms with E-state index in [1.54, 1.807) is 7.11 Å². The van der Waals surface area contributed by atoms with Gasteiger partial charge in [0.2, 0.25) is 0 Å². The Morgan fingerprint density at radius 2 is 1.04 bits per heavy atom. The van der Waals surface area contributed by atoms with Crippen molar-refractivity contribution in [3.8, 4) is 0 Å². The van der Waals surface area contributed by atoms with Gasteiger partial charge in [-0.2, -0.15) is 0 Å². The first-order valence-electron chi connectivity index (χ1n) is 10.4. The molecule has 0 saturated carbocycles. The second-order valence-corrected chi connectivity index (χ2v) is 7.23. The number of rotatable bonds is 19. The molecule has 2 nitrogen and oxygen atoms in total. The largest absolute Gasteiger partial charge is 0.384 e. The van der Waals surface area contributed by atoms with Crippen molar-refractivity contribution < 1.29 is 9.47 Å². The zero-order chi connectivity index (χ0) is 17.0. The van der Waals surface area contributed by atoms with E-state index in [0.717, 1.165) is 19.8 Å². The molecule has 1 atom stereocenters. The zero-order valence-electron chi connectivity index (χ0n) is 16.4. The summed E-state index contributed by atoms with van der Waals surface area (Å²) in [5, 5.41) is 0. The Morgan fingerprint density at radius 3 is 1.48 bits per heavy atom. The summed E-state index contributed by atoms with van der Waals surface area (Å²) in [5.41, 5.74) is 0. The average molecular weight is 329 g/mol. The summed E-state index contributed by atoms with van der Waals surface area (Å²) < 4.78 is 10.8. The Bertz CT molecular complexity index is 206. The van der Waals surface area contributed by atoms with Crippen molar-refractivity contribution in [1.29, 1.82) is 0 Å². The van der Waals surface area contributed by atoms with Gasteiger partial charge in [-0.15, -0.1) is 0 Å². The number of ether oxygens (including phenoxy) is 2. The molecule has 0 radical (unpaired) electrons. The molecule has 0 N–H and O–H groups in total. The first kappa shape index (κ1) is 22.9. The summed E-state index contributed by atoms with van der Waals surface area (Å²) >= 11 is 0. The van der Waals surface area contributed by atoms with E-state index in [9.17, 15) is 0 Å². The molecule has 0 heterocycles. The highest BCUT2D eigenvalue weighted by Gasteiger charge is 2.00. The molecule has 0 aliphatic carbocycles. The summed E-state index contributed by atoms with van der Waals surface area (Å²) in [4.78, 5) is 0. The molecule has 0 aliphatic heterocycles. The van der Waals surface area contributed by atoms with Crippen molar-refractivity contribution in [1.82, 2.24) is 0 Å². The first-order chi connectivity index (χ1) is 11.3. The number of hydrogen-bond acceptors (Lipinski definition) is 2. The van der Waals surface area contributed by atoms with E-state index in [1.807, 2.05) is 0 Å². The molecule has 0 aromatic carbocycles. The highest BCUT2D eigenvalue weighted by Crippen LogP contribution is 2.13. The lowest BCUT2D eigenvalue weighted by molar-refractivity contribution is 0.0628. The van der Waals surface area contributed by atoms with E-state index < -0.39 is 0 Å². The molecule has 0 fully saturated rings. The Morgan fingerprint density at radius 1 is 0.609 bits per heavy atom. The van der Waals surface area contributed by atoms with Crippen LogP contribution in [0.5, 0.6) is 0 Å². The third-order valence-corrected chi connectivity index (χ3v) is 4.50. The van der Waals surface area contributed by atoms with Crippen LogP contribution in [0.15, 0.2) is 0 Å². The SMILES string of the molecule is CCCCCCCCCCCCCCCCOCC(C)COC. The molecule has 0 spiro atoms. The van der Waals surface area contributed by atoms with Crippen molar-refractivity contribution in [3.05, 3.63) is 0 Å². The molecule has 140 valence electrons. The van der Waals surface area contributed by atoms with Gasteiger partial charge in [-0.1, -0.05) is 97.3 Å². The molecular weight excluding hydrogens is 284 g/mol. The maximum absolute atomic E-state index is 5.68. The van der Waals surface area contributed by atoms with Gasteiger partial charge in [0.25, 0.3) is 0 Å². The maximum Gasteiger partial charge on any atom is 0.0513 e. The molecule has 0 bridgehead atoms. The van der Waals surface area contributed by atoms with Gasteiger partial charge in [0.1, 0.15) is 0 Å². The van der Waals surface area contributed by atoms with Crippen LogP contribution in [0.25, 0.3) is 0 Å². The summed E-state index contributed by atoms with van der Waals surface area (Å²) in [6.45, 7) is 7.03. The zero-order valence-corrected chi connectivity index (χ0v) is 16.4. The minimum absolute atomic E-state index is 0.520. The smallest absolute Gasteiger partial charge is 0.0513 e. The van der Waals surface area contributed by atoms with E-state index >= 15 is 0 Å². The second kappa shape index (κ2) is 20.0. The standard InChI is InChI=1S/C21H44O2/c1-4-5-6-7-8-9-10-11-12-13-14-15-16-17-18-23-20-21(2)19-22-3/h21H,4-20H2,1-3H3. The number of methoxy groups -OCH3 is 1. The van der Waals surface area contributed by atoms with Crippen LogP contribution in [0.3, 0.4) is 0 Å². The Hall–Kier alpha value is -0.0800. The summed E-state index contributed by atoms with van der Waals surface area (Å²) in [7, 11) is 1.75. The van der Waals surface area contributed by atoms with E-state index in [1.165, 1.54) is 89.9 Å². The second-order valence-electron chi connectivity index (χ2n) is 7.23. The van der Waals surface area contributed by atoms with Crippen LogP contribution in [0.2, 0.25) is 0 Å². The maximum atomic E-state index is 5.68. The van der Waals surface area contributed by atoms with Crippen molar-refractivity contribution >= 4 is 0 Å². The van der Waals surface area contributed by atoms with Crippen LogP contribution in [-0.4, -0.2) is 26.9 Å². The first-order valence-corrected chi connectivity index (χ1v) is 10.4. The molecular formula is C21H44O2. The lowest BCUT2D eigenvalue weighted by Gasteiger charge is -2.10. The minimum atomic E-state index is 0.520. The fourth-order valence-corrected chi connectivity index (χ4v) is 3.02. The minimum Gasteiger partial charge on any atom is -0.384 e. The van der Waals surface area contributed by atoms with Crippen LogP contribution in [-0.2, 0) is 9.47 Å². The van der Waals surface area contributed by atoms with Crippen molar-refractivity contribution in [3.63, 3.8) is 0 Å². The molecule has 0 aliphatic rings. The third kappa shape index (κ3) is 19.9. The summed E-state index contributed by atoms with van der Waals surface area (Å²) in [6.07, 6.45) is 19.8. The predicted octanol–water partition coefficient (Wildman–Crippen LogP) is 6.77. The van der Waals surface area contributed by atoms with Gasteiger partial charge in [0.05, 0.1) is 13.2 Å². The highest BCUT2D eigenvalue weighted by molar-refractivity contribution is 4.50. The van der Waals surface area contributed by atoms with E-state index in [-0.39, 0.29) is 0 Å². The topological polar surface area (TPSA) is 18.5 Å². The normalized spacial score (nSPS) is 12.7. The van der Waals surface area contributed by atoms with Gasteiger partial charge in [-0.25, -0.2) is 0 Å². The quantitative estimate of drug-likeness (QED) is 0.244. The Kier molecular flexibility index (Phi) is 19.9. The molecule has 0 saturated heterocycles. The molecule has 0 rings (SSSR count). The van der Waals surface area contributed by atoms with Crippen LogP contribution < -0.4 is 0 Å². The monoisotopic (exact) mass is 328 g/mol. The van der Waals surface area contributed by atoms with Crippen molar-refractivity contribution in [2.75, 3.05) is 26.9 Å². The Labute approximate surface area is 146 Å². The van der Waals surface area contributed by atoms with Gasteiger partial charge in [-0.3, -0.25) is 0 Å². The fraction of sp³-hybridized carbons (Fsp3) is 1.00. The van der Waals surface area contributed by atoms with Gasteiger partial charge < -0.3 is 9.47 Å². The third-order valence-electron chi connectivity index (χ3n) is 4.50. The van der Waals surface area contributed by atoms with E-state index in [0.29, 0.717) is 5.92 Å². The fourth-order valence-electron chi connectivity index (χ4n) is 3.02. The molecule has 0 aromatic heterocycles. The lowest BCUT2D eigenvalue weighted by Crippen LogP contribution is -2.12. The van der Waals surface area contributed by atoms with Crippen LogP contribution in [0, 0.1) is 5.92 Å². The lowest BCUT2D eigenvalue weighted by atomic mass is 10.0. The van der Waals surface area contributed by atoms with Crippen molar-refractivity contribution in [2.24, 2.45) is 5.92 Å². The molecule has 2 heteroatoms. The van der Waals surface area contributed by atoms with Crippen LogP contribution in [0.4, 0.5) is 0 Å². The number of unbranched alkanes of at least 4 members (excludes halogenated alkanes) is 13. The van der Waals surface area contributed by atoms with Crippen LogP contribution >= 0.6 is 0 Å². The number of hydrogen-bond donors (Lipinski definition) is 0. The summed E-state index contributed by atoms with van der Waals surface area (Å²) in [6, 6.07) is 0. The van der Waals surface area contributed by atoms with Gasteiger partial charge in [-0.05, 0) is 6.42 Å². The molecule has 23 heavy (non-hydrogen) atoms. The molecule has 1 unspecified atom stereocenters. The van der Waals surface area contributed by atoms with E-state index in [4.69, 9.17) is 9.47 Å². The van der Waals surface area contributed by atoms with Gasteiger partial charge in [0, 0.05) is 19.6 Å². The Balaban J connectivity index is 3.00.